The lowest BCUT2D eigenvalue weighted by atomic mass is 10.2. The van der Waals surface area contributed by atoms with E-state index in [1.54, 1.807) is 68.8 Å². The van der Waals surface area contributed by atoms with Gasteiger partial charge in [-0.25, -0.2) is 13.4 Å². The second-order valence-electron chi connectivity index (χ2n) is 6.04. The first kappa shape index (κ1) is 19.5. The Morgan fingerprint density at radius 2 is 1.68 bits per heavy atom. The van der Waals surface area contributed by atoms with Gasteiger partial charge in [0, 0.05) is 6.07 Å². The Bertz CT molecular complexity index is 1050. The molecule has 3 rings (SSSR count). The van der Waals surface area contributed by atoms with Crippen molar-refractivity contribution in [3.05, 3.63) is 66.4 Å². The SMILES string of the molecule is COc1ccc(OC)c(Nc2ccc(NS(=O)(=O)c3ccc(C)cc3)cn2)c1. The van der Waals surface area contributed by atoms with E-state index in [0.29, 0.717) is 28.7 Å². The molecule has 1 aromatic heterocycles. The average molecular weight is 399 g/mol. The standard InChI is InChI=1S/C20H21N3O4S/c1-14-4-8-17(9-5-14)28(24,25)23-15-6-11-20(21-13-15)22-18-12-16(26-2)7-10-19(18)27-3/h4-13,23H,1-3H3,(H,21,22). The number of pyridine rings is 1. The van der Waals surface area contributed by atoms with Crippen LogP contribution in [0.2, 0.25) is 0 Å². The van der Waals surface area contributed by atoms with Crippen molar-refractivity contribution in [2.45, 2.75) is 11.8 Å². The molecule has 0 saturated heterocycles. The Hall–Kier alpha value is -3.26. The molecule has 146 valence electrons. The number of ether oxygens (including phenoxy) is 2. The molecule has 8 heteroatoms. The molecule has 1 heterocycles. The quantitative estimate of drug-likeness (QED) is 0.625. The van der Waals surface area contributed by atoms with Gasteiger partial charge in [0.2, 0.25) is 0 Å². The van der Waals surface area contributed by atoms with E-state index in [9.17, 15) is 8.42 Å². The van der Waals surface area contributed by atoms with Crippen molar-refractivity contribution >= 4 is 27.2 Å². The van der Waals surface area contributed by atoms with Gasteiger partial charge in [-0.1, -0.05) is 17.7 Å². The first-order valence-electron chi connectivity index (χ1n) is 8.46. The maximum Gasteiger partial charge on any atom is 0.261 e. The van der Waals surface area contributed by atoms with Gasteiger partial charge in [-0.2, -0.15) is 0 Å². The van der Waals surface area contributed by atoms with E-state index in [1.807, 2.05) is 6.92 Å². The van der Waals surface area contributed by atoms with E-state index < -0.39 is 10.0 Å². The lowest BCUT2D eigenvalue weighted by molar-refractivity contribution is 0.405. The fraction of sp³-hybridized carbons (Fsp3) is 0.150. The molecule has 2 aromatic carbocycles. The predicted molar refractivity (Wildman–Crippen MR) is 109 cm³/mol. The Balaban J connectivity index is 1.76. The smallest absolute Gasteiger partial charge is 0.261 e. The third-order valence-electron chi connectivity index (χ3n) is 4.02. The van der Waals surface area contributed by atoms with E-state index in [2.05, 4.69) is 15.0 Å². The van der Waals surface area contributed by atoms with Crippen LogP contribution in [-0.2, 0) is 10.0 Å². The van der Waals surface area contributed by atoms with Crippen molar-refractivity contribution in [1.82, 2.24) is 4.98 Å². The zero-order valence-corrected chi connectivity index (χ0v) is 16.6. The number of anilines is 3. The molecule has 0 bridgehead atoms. The van der Waals surface area contributed by atoms with E-state index in [-0.39, 0.29) is 4.90 Å². The van der Waals surface area contributed by atoms with Crippen LogP contribution in [0, 0.1) is 6.92 Å². The number of nitrogens with one attached hydrogen (secondary N) is 2. The summed E-state index contributed by atoms with van der Waals surface area (Å²) in [7, 11) is -0.514. The number of hydrogen-bond acceptors (Lipinski definition) is 6. The average Bonchev–Trinajstić information content (AvgIpc) is 2.69. The van der Waals surface area contributed by atoms with Gasteiger partial charge >= 0.3 is 0 Å². The fourth-order valence-corrected chi connectivity index (χ4v) is 3.55. The summed E-state index contributed by atoms with van der Waals surface area (Å²) in [5.74, 6) is 1.84. The second-order valence-corrected chi connectivity index (χ2v) is 7.72. The summed E-state index contributed by atoms with van der Waals surface area (Å²) in [4.78, 5) is 4.46. The Morgan fingerprint density at radius 3 is 2.29 bits per heavy atom. The van der Waals surface area contributed by atoms with Gasteiger partial charge in [-0.15, -0.1) is 0 Å². The molecule has 0 aliphatic rings. The maximum absolute atomic E-state index is 12.5. The molecular formula is C20H21N3O4S. The molecule has 0 aliphatic carbocycles. The van der Waals surface area contributed by atoms with Crippen LogP contribution in [0.4, 0.5) is 17.2 Å². The van der Waals surface area contributed by atoms with Crippen LogP contribution in [0.5, 0.6) is 11.5 Å². The summed E-state index contributed by atoms with van der Waals surface area (Å²) >= 11 is 0. The van der Waals surface area contributed by atoms with Crippen LogP contribution >= 0.6 is 0 Å². The van der Waals surface area contributed by atoms with Crippen molar-refractivity contribution in [2.75, 3.05) is 24.3 Å². The van der Waals surface area contributed by atoms with E-state index in [1.165, 1.54) is 6.20 Å². The summed E-state index contributed by atoms with van der Waals surface area (Å²) < 4.78 is 38.0. The summed E-state index contributed by atoms with van der Waals surface area (Å²) in [6.45, 7) is 1.90. The highest BCUT2D eigenvalue weighted by Gasteiger charge is 2.14. The van der Waals surface area contributed by atoms with Crippen LogP contribution in [-0.4, -0.2) is 27.6 Å². The largest absolute Gasteiger partial charge is 0.497 e. The first-order valence-corrected chi connectivity index (χ1v) is 9.94. The number of benzene rings is 2. The van der Waals surface area contributed by atoms with Crippen molar-refractivity contribution < 1.29 is 17.9 Å². The van der Waals surface area contributed by atoms with Gasteiger partial charge in [0.25, 0.3) is 10.0 Å². The molecule has 2 N–H and O–H groups in total. The monoisotopic (exact) mass is 399 g/mol. The second kappa shape index (κ2) is 8.18. The minimum Gasteiger partial charge on any atom is -0.497 e. The van der Waals surface area contributed by atoms with Gasteiger partial charge in [0.1, 0.15) is 17.3 Å². The normalized spacial score (nSPS) is 11.0. The summed E-state index contributed by atoms with van der Waals surface area (Å²) in [6, 6.07) is 15.3. The number of aromatic nitrogens is 1. The molecular weight excluding hydrogens is 378 g/mol. The maximum atomic E-state index is 12.5. The Morgan fingerprint density at radius 1 is 0.929 bits per heavy atom. The van der Waals surface area contributed by atoms with E-state index in [0.717, 1.165) is 5.56 Å². The molecule has 0 amide bonds. The van der Waals surface area contributed by atoms with Crippen molar-refractivity contribution in [1.29, 1.82) is 0 Å². The van der Waals surface area contributed by atoms with Crippen LogP contribution in [0.3, 0.4) is 0 Å². The molecule has 0 fully saturated rings. The first-order chi connectivity index (χ1) is 13.4. The predicted octanol–water partition coefficient (Wildman–Crippen LogP) is 3.95. The van der Waals surface area contributed by atoms with E-state index in [4.69, 9.17) is 9.47 Å². The Kier molecular flexibility index (Phi) is 5.70. The van der Waals surface area contributed by atoms with Crippen LogP contribution < -0.4 is 19.5 Å². The molecule has 0 radical (unpaired) electrons. The lowest BCUT2D eigenvalue weighted by Gasteiger charge is -2.13. The highest BCUT2D eigenvalue weighted by molar-refractivity contribution is 7.92. The van der Waals surface area contributed by atoms with Crippen molar-refractivity contribution in [2.24, 2.45) is 0 Å². The number of aryl methyl sites for hydroxylation is 1. The van der Waals surface area contributed by atoms with Gasteiger partial charge in [0.15, 0.2) is 0 Å². The molecule has 0 spiro atoms. The number of hydrogen-bond donors (Lipinski definition) is 2. The van der Waals surface area contributed by atoms with Crippen LogP contribution in [0.25, 0.3) is 0 Å². The number of methoxy groups -OCH3 is 2. The van der Waals surface area contributed by atoms with Gasteiger partial charge < -0.3 is 14.8 Å². The zero-order chi connectivity index (χ0) is 20.1. The van der Waals surface area contributed by atoms with Gasteiger partial charge in [-0.05, 0) is 43.3 Å². The van der Waals surface area contributed by atoms with Crippen LogP contribution in [0.1, 0.15) is 5.56 Å². The fourth-order valence-electron chi connectivity index (χ4n) is 2.51. The number of rotatable bonds is 7. The molecule has 0 unspecified atom stereocenters. The van der Waals surface area contributed by atoms with Gasteiger partial charge in [-0.3, -0.25) is 4.72 Å². The molecule has 7 nitrogen and oxygen atoms in total. The number of sulfonamides is 1. The molecule has 3 aromatic rings. The molecule has 0 atom stereocenters. The van der Waals surface area contributed by atoms with Crippen molar-refractivity contribution in [3.8, 4) is 11.5 Å². The van der Waals surface area contributed by atoms with Crippen LogP contribution in [0.15, 0.2) is 65.7 Å². The minimum absolute atomic E-state index is 0.196. The topological polar surface area (TPSA) is 89.5 Å². The number of nitrogens with zero attached hydrogens (tertiary/aromatic N) is 1. The zero-order valence-electron chi connectivity index (χ0n) is 15.8. The molecule has 28 heavy (non-hydrogen) atoms. The van der Waals surface area contributed by atoms with Gasteiger partial charge in [0.05, 0.1) is 36.7 Å². The Labute approximate surface area is 164 Å². The highest BCUT2D eigenvalue weighted by Crippen LogP contribution is 2.31. The minimum atomic E-state index is -3.67. The molecule has 0 saturated carbocycles. The summed E-state index contributed by atoms with van der Waals surface area (Å²) in [5.41, 5.74) is 2.04. The highest BCUT2D eigenvalue weighted by atomic mass is 32.2. The summed E-state index contributed by atoms with van der Waals surface area (Å²) in [6.07, 6.45) is 1.45. The third kappa shape index (κ3) is 4.52. The molecule has 0 aliphatic heterocycles. The summed E-state index contributed by atoms with van der Waals surface area (Å²) in [5, 5.41) is 3.13. The third-order valence-corrected chi connectivity index (χ3v) is 5.41. The van der Waals surface area contributed by atoms with Crippen molar-refractivity contribution in [3.63, 3.8) is 0 Å². The van der Waals surface area contributed by atoms with E-state index >= 15 is 0 Å². The lowest BCUT2D eigenvalue weighted by Crippen LogP contribution is -2.13.